The van der Waals surface area contributed by atoms with E-state index in [0.29, 0.717) is 13.0 Å². The van der Waals surface area contributed by atoms with Crippen molar-refractivity contribution in [3.8, 4) is 0 Å². The van der Waals surface area contributed by atoms with Crippen molar-refractivity contribution < 1.29 is 14.7 Å². The van der Waals surface area contributed by atoms with Gasteiger partial charge in [0.15, 0.2) is 0 Å². The van der Waals surface area contributed by atoms with Crippen molar-refractivity contribution in [2.24, 2.45) is 11.7 Å². The van der Waals surface area contributed by atoms with Gasteiger partial charge in [-0.25, -0.2) is 4.79 Å². The summed E-state index contributed by atoms with van der Waals surface area (Å²) >= 11 is 0. The number of carboxylic acid groups (broad SMARTS) is 1. The van der Waals surface area contributed by atoms with Crippen LogP contribution in [0.2, 0.25) is 0 Å². The summed E-state index contributed by atoms with van der Waals surface area (Å²) < 4.78 is 0. The van der Waals surface area contributed by atoms with Crippen LogP contribution in [0.5, 0.6) is 0 Å². The van der Waals surface area contributed by atoms with Gasteiger partial charge >= 0.3 is 5.97 Å². The summed E-state index contributed by atoms with van der Waals surface area (Å²) in [6.45, 7) is 2.32. The number of hydrogen-bond acceptors (Lipinski definition) is 3. The number of carbonyl (C=O) groups excluding carboxylic acids is 1. The molecule has 5 heteroatoms. The van der Waals surface area contributed by atoms with Crippen LogP contribution >= 0.6 is 0 Å². The minimum absolute atomic E-state index is 0.226. The lowest BCUT2D eigenvalue weighted by Crippen LogP contribution is -2.44. The van der Waals surface area contributed by atoms with Gasteiger partial charge in [0.25, 0.3) is 0 Å². The maximum Gasteiger partial charge on any atom is 0.326 e. The van der Waals surface area contributed by atoms with Crippen molar-refractivity contribution >= 4 is 11.9 Å². The average molecular weight is 278 g/mol. The molecule has 1 amide bonds. The molecule has 0 fully saturated rings. The molecule has 2 atom stereocenters. The normalized spacial score (nSPS) is 13.5. The van der Waals surface area contributed by atoms with Gasteiger partial charge in [0, 0.05) is 12.3 Å². The molecule has 4 N–H and O–H groups in total. The average Bonchev–Trinajstić information content (AvgIpc) is 2.44. The Hall–Kier alpha value is -1.88. The molecule has 0 bridgehead atoms. The topological polar surface area (TPSA) is 92.4 Å². The van der Waals surface area contributed by atoms with Gasteiger partial charge in [-0.15, -0.1) is 0 Å². The lowest BCUT2D eigenvalue weighted by Gasteiger charge is -2.17. The molecule has 0 heterocycles. The number of nitrogens with one attached hydrogen (secondary N) is 1. The van der Waals surface area contributed by atoms with Crippen molar-refractivity contribution in [1.82, 2.24) is 5.32 Å². The first kappa shape index (κ1) is 16.2. The molecule has 0 aromatic heterocycles. The second-order valence-electron chi connectivity index (χ2n) is 4.92. The van der Waals surface area contributed by atoms with Crippen LogP contribution in [0.4, 0.5) is 0 Å². The fourth-order valence-corrected chi connectivity index (χ4v) is 1.92. The fraction of sp³-hybridized carbons (Fsp3) is 0.467. The lowest BCUT2D eigenvalue weighted by atomic mass is 10.0. The fourth-order valence-electron chi connectivity index (χ4n) is 1.92. The highest BCUT2D eigenvalue weighted by molar-refractivity contribution is 5.84. The number of carboxylic acids is 1. The summed E-state index contributed by atoms with van der Waals surface area (Å²) in [5.41, 5.74) is 6.29. The van der Waals surface area contributed by atoms with Gasteiger partial charge in [0.05, 0.1) is 0 Å². The largest absolute Gasteiger partial charge is 0.480 e. The van der Waals surface area contributed by atoms with E-state index in [-0.39, 0.29) is 18.2 Å². The number of rotatable bonds is 8. The molecule has 0 spiro atoms. The molecule has 0 aliphatic carbocycles. The van der Waals surface area contributed by atoms with Crippen LogP contribution in [0.1, 0.15) is 25.3 Å². The zero-order valence-corrected chi connectivity index (χ0v) is 11.7. The van der Waals surface area contributed by atoms with Gasteiger partial charge in [0.2, 0.25) is 5.91 Å². The SMILES string of the molecule is CC(CCCN)C(=O)NC(Cc1ccccc1)C(=O)O. The monoisotopic (exact) mass is 278 g/mol. The van der Waals surface area contributed by atoms with Crippen LogP contribution < -0.4 is 11.1 Å². The standard InChI is InChI=1S/C15H22N2O3/c1-11(6-5-9-16)14(18)17-13(15(19)20)10-12-7-3-2-4-8-12/h2-4,7-8,11,13H,5-6,9-10,16H2,1H3,(H,17,18)(H,19,20). The van der Waals surface area contributed by atoms with E-state index in [4.69, 9.17) is 5.73 Å². The van der Waals surface area contributed by atoms with Crippen LogP contribution in [-0.2, 0) is 16.0 Å². The van der Waals surface area contributed by atoms with Crippen molar-refractivity contribution in [2.75, 3.05) is 6.54 Å². The molecule has 0 aliphatic heterocycles. The minimum atomic E-state index is -1.02. The Morgan fingerprint density at radius 1 is 1.30 bits per heavy atom. The molecular formula is C15H22N2O3. The van der Waals surface area contributed by atoms with Crippen molar-refractivity contribution in [2.45, 2.75) is 32.2 Å². The maximum atomic E-state index is 11.9. The third kappa shape index (κ3) is 5.40. The number of nitrogens with two attached hydrogens (primary N) is 1. The first-order valence-corrected chi connectivity index (χ1v) is 6.81. The molecule has 0 saturated carbocycles. The number of benzene rings is 1. The highest BCUT2D eigenvalue weighted by Crippen LogP contribution is 2.08. The molecule has 0 saturated heterocycles. The van der Waals surface area contributed by atoms with Gasteiger partial charge in [-0.05, 0) is 24.9 Å². The summed E-state index contributed by atoms with van der Waals surface area (Å²) in [5, 5.41) is 11.8. The third-order valence-electron chi connectivity index (χ3n) is 3.19. The predicted octanol–water partition coefficient (Wildman–Crippen LogP) is 1.17. The van der Waals surface area contributed by atoms with E-state index >= 15 is 0 Å². The Balaban J connectivity index is 2.59. The van der Waals surface area contributed by atoms with Gasteiger partial charge < -0.3 is 16.2 Å². The third-order valence-corrected chi connectivity index (χ3v) is 3.19. The van der Waals surface area contributed by atoms with E-state index in [0.717, 1.165) is 12.0 Å². The Kier molecular flexibility index (Phi) is 6.73. The quantitative estimate of drug-likeness (QED) is 0.665. The molecule has 2 unspecified atom stereocenters. The molecule has 1 aromatic carbocycles. The first-order chi connectivity index (χ1) is 9.54. The molecule has 1 aromatic rings. The zero-order valence-electron chi connectivity index (χ0n) is 11.7. The lowest BCUT2D eigenvalue weighted by molar-refractivity contribution is -0.142. The van der Waals surface area contributed by atoms with Gasteiger partial charge in [-0.1, -0.05) is 37.3 Å². The van der Waals surface area contributed by atoms with Crippen LogP contribution in [0.25, 0.3) is 0 Å². The van der Waals surface area contributed by atoms with E-state index in [1.54, 1.807) is 6.92 Å². The molecule has 20 heavy (non-hydrogen) atoms. The Morgan fingerprint density at radius 3 is 2.50 bits per heavy atom. The predicted molar refractivity (Wildman–Crippen MR) is 77.2 cm³/mol. The van der Waals surface area contributed by atoms with Gasteiger partial charge in [-0.2, -0.15) is 0 Å². The molecule has 110 valence electrons. The van der Waals surface area contributed by atoms with Crippen LogP contribution in [0.15, 0.2) is 30.3 Å². The van der Waals surface area contributed by atoms with Crippen LogP contribution in [-0.4, -0.2) is 29.6 Å². The summed E-state index contributed by atoms with van der Waals surface area (Å²) in [7, 11) is 0. The number of carbonyl (C=O) groups is 2. The second kappa shape index (κ2) is 8.32. The van der Waals surface area contributed by atoms with E-state index in [9.17, 15) is 14.7 Å². The summed E-state index contributed by atoms with van der Waals surface area (Å²) in [5.74, 6) is -1.48. The van der Waals surface area contributed by atoms with E-state index in [1.165, 1.54) is 0 Å². The van der Waals surface area contributed by atoms with E-state index in [2.05, 4.69) is 5.32 Å². The summed E-state index contributed by atoms with van der Waals surface area (Å²) in [6, 6.07) is 8.36. The van der Waals surface area contributed by atoms with E-state index in [1.807, 2.05) is 30.3 Å². The zero-order chi connectivity index (χ0) is 15.0. The van der Waals surface area contributed by atoms with Crippen molar-refractivity contribution in [3.05, 3.63) is 35.9 Å². The molecular weight excluding hydrogens is 256 g/mol. The number of amides is 1. The second-order valence-corrected chi connectivity index (χ2v) is 4.92. The number of hydrogen-bond donors (Lipinski definition) is 3. The van der Waals surface area contributed by atoms with Crippen molar-refractivity contribution in [1.29, 1.82) is 0 Å². The smallest absolute Gasteiger partial charge is 0.326 e. The molecule has 0 radical (unpaired) electrons. The van der Waals surface area contributed by atoms with Crippen LogP contribution in [0, 0.1) is 5.92 Å². The first-order valence-electron chi connectivity index (χ1n) is 6.81. The molecule has 5 nitrogen and oxygen atoms in total. The summed E-state index contributed by atoms with van der Waals surface area (Å²) in [6.07, 6.45) is 1.70. The van der Waals surface area contributed by atoms with Gasteiger partial charge in [0.1, 0.15) is 6.04 Å². The number of aliphatic carboxylic acids is 1. The Labute approximate surface area is 119 Å². The Morgan fingerprint density at radius 2 is 1.95 bits per heavy atom. The van der Waals surface area contributed by atoms with E-state index < -0.39 is 12.0 Å². The Bertz CT molecular complexity index is 434. The maximum absolute atomic E-state index is 11.9. The van der Waals surface area contributed by atoms with Crippen molar-refractivity contribution in [3.63, 3.8) is 0 Å². The minimum Gasteiger partial charge on any atom is -0.480 e. The van der Waals surface area contributed by atoms with Gasteiger partial charge in [-0.3, -0.25) is 4.79 Å². The molecule has 1 rings (SSSR count). The van der Waals surface area contributed by atoms with Crippen LogP contribution in [0.3, 0.4) is 0 Å². The highest BCUT2D eigenvalue weighted by Gasteiger charge is 2.22. The highest BCUT2D eigenvalue weighted by atomic mass is 16.4. The molecule has 0 aliphatic rings. The summed E-state index contributed by atoms with van der Waals surface area (Å²) in [4.78, 5) is 23.2.